The van der Waals surface area contributed by atoms with Crippen LogP contribution in [0.3, 0.4) is 0 Å². The van der Waals surface area contributed by atoms with Crippen LogP contribution < -0.4 is 16.0 Å². The summed E-state index contributed by atoms with van der Waals surface area (Å²) in [6.07, 6.45) is 1.34. The summed E-state index contributed by atoms with van der Waals surface area (Å²) in [7, 11) is 0. The van der Waals surface area contributed by atoms with Crippen molar-refractivity contribution < 1.29 is 14.3 Å². The maximum atomic E-state index is 12.3. The maximum Gasteiger partial charge on any atom is 0.270 e. The molecule has 0 atom stereocenters. The van der Waals surface area contributed by atoms with Gasteiger partial charge in [0.25, 0.3) is 5.91 Å². The molecule has 3 rings (SSSR count). The van der Waals surface area contributed by atoms with Crippen LogP contribution in [0.4, 0.5) is 17.2 Å². The van der Waals surface area contributed by atoms with E-state index < -0.39 is 0 Å². The third-order valence-corrected chi connectivity index (χ3v) is 4.17. The van der Waals surface area contributed by atoms with E-state index in [1.165, 1.54) is 13.3 Å². The summed E-state index contributed by atoms with van der Waals surface area (Å²) in [4.78, 5) is 34.0. The molecule has 148 valence electrons. The van der Waals surface area contributed by atoms with Crippen molar-refractivity contribution in [3.63, 3.8) is 0 Å². The minimum atomic E-state index is -0.245. The topological polar surface area (TPSA) is 108 Å². The number of nitrogens with one attached hydrogen (secondary N) is 3. The number of rotatable bonds is 7. The Balaban J connectivity index is 1.55. The number of carbonyl (C=O) groups excluding carboxylic acids is 2. The number of carbonyl (C=O) groups is 2. The molecule has 9 heteroatoms. The van der Waals surface area contributed by atoms with Gasteiger partial charge >= 0.3 is 0 Å². The first kappa shape index (κ1) is 19.7. The fraction of sp³-hybridized carbons (Fsp3) is 0.368. The zero-order valence-corrected chi connectivity index (χ0v) is 15.8. The molecule has 1 fully saturated rings. The molecule has 1 aromatic heterocycles. The van der Waals surface area contributed by atoms with Gasteiger partial charge in [0.2, 0.25) is 5.91 Å². The first-order valence-electron chi connectivity index (χ1n) is 9.15. The number of anilines is 3. The average molecular weight is 384 g/mol. The number of amides is 2. The highest BCUT2D eigenvalue weighted by Gasteiger charge is 2.12. The summed E-state index contributed by atoms with van der Waals surface area (Å²) in [5.74, 6) is 0.106. The predicted octanol–water partition coefficient (Wildman–Crippen LogP) is 1.24. The lowest BCUT2D eigenvalue weighted by Gasteiger charge is -2.26. The van der Waals surface area contributed by atoms with Crippen LogP contribution in [0.25, 0.3) is 0 Å². The van der Waals surface area contributed by atoms with E-state index >= 15 is 0 Å². The first-order chi connectivity index (χ1) is 13.6. The Hall–Kier alpha value is -3.04. The zero-order valence-electron chi connectivity index (χ0n) is 15.8. The second-order valence-electron chi connectivity index (χ2n) is 6.39. The number of hydrogen-bond donors (Lipinski definition) is 3. The molecule has 9 nitrogen and oxygen atoms in total. The van der Waals surface area contributed by atoms with Crippen LogP contribution in [0.5, 0.6) is 0 Å². The standard InChI is InChI=1S/C19H24N6O3/c1-14(26)23-15-3-2-4-16(11-15)24-18-12-17(21-13-22-18)19(27)20-5-6-25-7-9-28-10-8-25/h2-4,11-13H,5-10H2,1H3,(H,20,27)(H,23,26)(H,21,22,24). The van der Waals surface area contributed by atoms with E-state index in [-0.39, 0.29) is 17.5 Å². The fourth-order valence-corrected chi connectivity index (χ4v) is 2.82. The van der Waals surface area contributed by atoms with Crippen LogP contribution in [0.1, 0.15) is 17.4 Å². The fourth-order valence-electron chi connectivity index (χ4n) is 2.82. The van der Waals surface area contributed by atoms with Gasteiger partial charge in [-0.1, -0.05) is 6.07 Å². The molecule has 1 aliphatic rings. The lowest BCUT2D eigenvalue weighted by atomic mass is 10.2. The van der Waals surface area contributed by atoms with Crippen LogP contribution in [-0.4, -0.2) is 66.1 Å². The second kappa shape index (κ2) is 9.77. The monoisotopic (exact) mass is 384 g/mol. The molecule has 0 radical (unpaired) electrons. The van der Waals surface area contributed by atoms with Crippen LogP contribution in [0.2, 0.25) is 0 Å². The van der Waals surface area contributed by atoms with Gasteiger partial charge in [-0.25, -0.2) is 9.97 Å². The SMILES string of the molecule is CC(=O)Nc1cccc(Nc2cc(C(=O)NCCN3CCOCC3)ncn2)c1. The van der Waals surface area contributed by atoms with Crippen molar-refractivity contribution in [2.45, 2.75) is 6.92 Å². The number of nitrogens with zero attached hydrogens (tertiary/aromatic N) is 3. The highest BCUT2D eigenvalue weighted by Crippen LogP contribution is 2.19. The summed E-state index contributed by atoms with van der Waals surface area (Å²) in [6, 6.07) is 8.82. The summed E-state index contributed by atoms with van der Waals surface area (Å²) in [5, 5.41) is 8.72. The highest BCUT2D eigenvalue weighted by molar-refractivity contribution is 5.93. The molecule has 1 saturated heterocycles. The van der Waals surface area contributed by atoms with Gasteiger partial charge in [-0.15, -0.1) is 0 Å². The minimum Gasteiger partial charge on any atom is -0.379 e. The van der Waals surface area contributed by atoms with Gasteiger partial charge in [-0.3, -0.25) is 14.5 Å². The molecule has 0 saturated carbocycles. The Morgan fingerprint density at radius 3 is 2.71 bits per heavy atom. The van der Waals surface area contributed by atoms with Gasteiger partial charge < -0.3 is 20.7 Å². The Bertz CT molecular complexity index is 823. The average Bonchev–Trinajstić information content (AvgIpc) is 2.69. The van der Waals surface area contributed by atoms with Crippen molar-refractivity contribution in [2.75, 3.05) is 50.0 Å². The summed E-state index contributed by atoms with van der Waals surface area (Å²) < 4.78 is 5.31. The first-order valence-corrected chi connectivity index (χ1v) is 9.15. The Morgan fingerprint density at radius 1 is 1.14 bits per heavy atom. The van der Waals surface area contributed by atoms with Crippen molar-refractivity contribution >= 4 is 29.0 Å². The number of hydrogen-bond acceptors (Lipinski definition) is 7. The minimum absolute atomic E-state index is 0.143. The van der Waals surface area contributed by atoms with E-state index in [1.54, 1.807) is 18.2 Å². The molecule has 2 heterocycles. The molecular weight excluding hydrogens is 360 g/mol. The zero-order chi connectivity index (χ0) is 19.8. The number of benzene rings is 1. The quantitative estimate of drug-likeness (QED) is 0.659. The van der Waals surface area contributed by atoms with Crippen LogP contribution in [0.15, 0.2) is 36.7 Å². The molecule has 2 amide bonds. The molecule has 0 unspecified atom stereocenters. The van der Waals surface area contributed by atoms with Crippen molar-refractivity contribution in [1.82, 2.24) is 20.2 Å². The van der Waals surface area contributed by atoms with E-state index in [0.29, 0.717) is 18.1 Å². The van der Waals surface area contributed by atoms with Crippen molar-refractivity contribution in [3.05, 3.63) is 42.4 Å². The van der Waals surface area contributed by atoms with Crippen molar-refractivity contribution in [2.24, 2.45) is 0 Å². The van der Waals surface area contributed by atoms with Crippen LogP contribution >= 0.6 is 0 Å². The molecule has 2 aromatic rings. The molecule has 1 aromatic carbocycles. The van der Waals surface area contributed by atoms with Gasteiger partial charge in [0, 0.05) is 50.5 Å². The maximum absolute atomic E-state index is 12.3. The molecule has 0 spiro atoms. The van der Waals surface area contributed by atoms with Gasteiger partial charge in [-0.2, -0.15) is 0 Å². The number of morpholine rings is 1. The smallest absolute Gasteiger partial charge is 0.270 e. The molecule has 28 heavy (non-hydrogen) atoms. The largest absolute Gasteiger partial charge is 0.379 e. The van der Waals surface area contributed by atoms with Crippen LogP contribution in [0, 0.1) is 0 Å². The van der Waals surface area contributed by atoms with Gasteiger partial charge in [0.05, 0.1) is 13.2 Å². The van der Waals surface area contributed by atoms with E-state index in [4.69, 9.17) is 4.74 Å². The third-order valence-electron chi connectivity index (χ3n) is 4.17. The Kier molecular flexibility index (Phi) is 6.88. The third kappa shape index (κ3) is 6.00. The lowest BCUT2D eigenvalue weighted by Crippen LogP contribution is -2.41. The normalized spacial score (nSPS) is 14.3. The van der Waals surface area contributed by atoms with E-state index in [9.17, 15) is 9.59 Å². The number of aromatic nitrogens is 2. The van der Waals surface area contributed by atoms with Gasteiger partial charge in [0.15, 0.2) is 0 Å². The lowest BCUT2D eigenvalue weighted by molar-refractivity contribution is -0.114. The molecule has 1 aliphatic heterocycles. The molecule has 3 N–H and O–H groups in total. The van der Waals surface area contributed by atoms with Crippen molar-refractivity contribution in [1.29, 1.82) is 0 Å². The molecular formula is C19H24N6O3. The summed E-state index contributed by atoms with van der Waals surface area (Å²) in [5.41, 5.74) is 1.70. The Labute approximate surface area is 163 Å². The molecule has 0 aliphatic carbocycles. The highest BCUT2D eigenvalue weighted by atomic mass is 16.5. The number of ether oxygens (including phenoxy) is 1. The van der Waals surface area contributed by atoms with E-state index in [0.717, 1.165) is 38.5 Å². The second-order valence-corrected chi connectivity index (χ2v) is 6.39. The predicted molar refractivity (Wildman–Crippen MR) is 106 cm³/mol. The van der Waals surface area contributed by atoms with Crippen molar-refractivity contribution in [3.8, 4) is 0 Å². The van der Waals surface area contributed by atoms with Crippen LogP contribution in [-0.2, 0) is 9.53 Å². The van der Waals surface area contributed by atoms with E-state index in [2.05, 4.69) is 30.8 Å². The Morgan fingerprint density at radius 2 is 1.93 bits per heavy atom. The van der Waals surface area contributed by atoms with Gasteiger partial charge in [-0.05, 0) is 18.2 Å². The summed E-state index contributed by atoms with van der Waals surface area (Å²) >= 11 is 0. The van der Waals surface area contributed by atoms with Gasteiger partial charge in [0.1, 0.15) is 17.8 Å². The molecule has 0 bridgehead atoms. The van der Waals surface area contributed by atoms with E-state index in [1.807, 2.05) is 12.1 Å². The summed E-state index contributed by atoms with van der Waals surface area (Å²) in [6.45, 7) is 6.01.